The molecule has 16 heavy (non-hydrogen) atoms. The molecule has 0 bridgehead atoms. The standard InChI is InChI=1S/C14H23BO/c1-5-8-14(2,3)12-9-11(10-16-4)6-7-13(12)15/h6-7,9H,5,8,10,15H2,1-4H3. The normalized spacial score (nSPS) is 11.8. The molecule has 0 N–H and O–H groups in total. The molecule has 1 rings (SSSR count). The van der Waals surface area contributed by atoms with E-state index in [0.29, 0.717) is 6.61 Å². The third kappa shape index (κ3) is 3.12. The zero-order valence-corrected chi connectivity index (χ0v) is 11.3. The highest BCUT2D eigenvalue weighted by Crippen LogP contribution is 2.27. The van der Waals surface area contributed by atoms with Crippen LogP contribution in [0.3, 0.4) is 0 Å². The van der Waals surface area contributed by atoms with Crippen molar-refractivity contribution < 1.29 is 4.74 Å². The number of hydrogen-bond acceptors (Lipinski definition) is 1. The summed E-state index contributed by atoms with van der Waals surface area (Å²) < 4.78 is 5.20. The molecular formula is C14H23BO. The fourth-order valence-electron chi connectivity index (χ4n) is 2.41. The van der Waals surface area contributed by atoms with Gasteiger partial charge < -0.3 is 4.74 Å². The minimum Gasteiger partial charge on any atom is -0.380 e. The van der Waals surface area contributed by atoms with Gasteiger partial charge in [0.2, 0.25) is 0 Å². The molecular weight excluding hydrogens is 195 g/mol. The Balaban J connectivity index is 3.05. The summed E-state index contributed by atoms with van der Waals surface area (Å²) >= 11 is 0. The molecule has 0 aromatic heterocycles. The number of benzene rings is 1. The largest absolute Gasteiger partial charge is 0.380 e. The van der Waals surface area contributed by atoms with Gasteiger partial charge in [-0.25, -0.2) is 0 Å². The molecule has 1 aromatic rings. The van der Waals surface area contributed by atoms with Crippen LogP contribution in [0.15, 0.2) is 18.2 Å². The van der Waals surface area contributed by atoms with E-state index < -0.39 is 0 Å². The van der Waals surface area contributed by atoms with Gasteiger partial charge in [0.1, 0.15) is 7.85 Å². The molecule has 2 heteroatoms. The van der Waals surface area contributed by atoms with Crippen molar-refractivity contribution in [1.29, 1.82) is 0 Å². The summed E-state index contributed by atoms with van der Waals surface area (Å²) in [5.41, 5.74) is 4.39. The first-order valence-corrected chi connectivity index (χ1v) is 6.10. The Morgan fingerprint density at radius 2 is 2.00 bits per heavy atom. The maximum atomic E-state index is 5.20. The van der Waals surface area contributed by atoms with Gasteiger partial charge in [0.05, 0.1) is 6.61 Å². The second-order valence-electron chi connectivity index (χ2n) is 5.22. The molecule has 0 spiro atoms. The van der Waals surface area contributed by atoms with Crippen LogP contribution in [0.2, 0.25) is 0 Å². The molecule has 0 fully saturated rings. The predicted octanol–water partition coefficient (Wildman–Crippen LogP) is 2.17. The molecule has 0 radical (unpaired) electrons. The molecule has 88 valence electrons. The van der Waals surface area contributed by atoms with E-state index in [9.17, 15) is 0 Å². The van der Waals surface area contributed by atoms with Gasteiger partial charge in [-0.15, -0.1) is 0 Å². The summed E-state index contributed by atoms with van der Waals surface area (Å²) in [4.78, 5) is 0. The maximum Gasteiger partial charge on any atom is 0.139 e. The van der Waals surface area contributed by atoms with Crippen molar-refractivity contribution in [1.82, 2.24) is 0 Å². The monoisotopic (exact) mass is 218 g/mol. The molecule has 0 saturated heterocycles. The summed E-state index contributed by atoms with van der Waals surface area (Å²) in [7, 11) is 3.94. The average Bonchev–Trinajstić information content (AvgIpc) is 2.21. The summed E-state index contributed by atoms with van der Waals surface area (Å²) in [6, 6.07) is 6.67. The van der Waals surface area contributed by atoms with E-state index in [1.807, 2.05) is 0 Å². The third-order valence-corrected chi connectivity index (χ3v) is 3.22. The van der Waals surface area contributed by atoms with Crippen LogP contribution >= 0.6 is 0 Å². The zero-order valence-electron chi connectivity index (χ0n) is 11.3. The van der Waals surface area contributed by atoms with Gasteiger partial charge in [-0.3, -0.25) is 0 Å². The molecule has 1 nitrogen and oxygen atoms in total. The van der Waals surface area contributed by atoms with Crippen LogP contribution in [-0.2, 0) is 16.8 Å². The van der Waals surface area contributed by atoms with Crippen molar-refractivity contribution in [2.45, 2.75) is 45.6 Å². The van der Waals surface area contributed by atoms with Crippen molar-refractivity contribution in [2.24, 2.45) is 0 Å². The van der Waals surface area contributed by atoms with Crippen LogP contribution < -0.4 is 5.46 Å². The molecule has 0 heterocycles. The fourth-order valence-corrected chi connectivity index (χ4v) is 2.41. The van der Waals surface area contributed by atoms with E-state index >= 15 is 0 Å². The fraction of sp³-hybridized carbons (Fsp3) is 0.571. The lowest BCUT2D eigenvalue weighted by Gasteiger charge is -2.27. The second kappa shape index (κ2) is 5.54. The highest BCUT2D eigenvalue weighted by Gasteiger charge is 2.21. The Bertz CT molecular complexity index is 345. The van der Waals surface area contributed by atoms with Crippen LogP contribution in [-0.4, -0.2) is 15.0 Å². The van der Waals surface area contributed by atoms with E-state index in [1.54, 1.807) is 7.11 Å². The number of methoxy groups -OCH3 is 1. The van der Waals surface area contributed by atoms with E-state index in [2.05, 4.69) is 46.8 Å². The summed E-state index contributed by atoms with van der Waals surface area (Å²) in [6.45, 7) is 7.61. The van der Waals surface area contributed by atoms with Crippen molar-refractivity contribution in [3.8, 4) is 0 Å². The Hall–Kier alpha value is -0.755. The van der Waals surface area contributed by atoms with Gasteiger partial charge in [-0.2, -0.15) is 0 Å². The van der Waals surface area contributed by atoms with Crippen LogP contribution in [0.1, 0.15) is 44.7 Å². The molecule has 0 saturated carbocycles. The summed E-state index contributed by atoms with van der Waals surface area (Å²) in [5.74, 6) is 0. The first-order valence-electron chi connectivity index (χ1n) is 6.10. The van der Waals surface area contributed by atoms with Gasteiger partial charge in [-0.1, -0.05) is 50.9 Å². The van der Waals surface area contributed by atoms with Gasteiger partial charge in [0.15, 0.2) is 0 Å². The van der Waals surface area contributed by atoms with E-state index in [1.165, 1.54) is 29.4 Å². The topological polar surface area (TPSA) is 9.23 Å². The van der Waals surface area contributed by atoms with Crippen LogP contribution in [0.25, 0.3) is 0 Å². The van der Waals surface area contributed by atoms with Crippen molar-refractivity contribution in [3.05, 3.63) is 29.3 Å². The minimum atomic E-state index is 0.266. The summed E-state index contributed by atoms with van der Waals surface area (Å²) in [5, 5.41) is 0. The molecule has 0 atom stereocenters. The molecule has 1 aromatic carbocycles. The zero-order chi connectivity index (χ0) is 12.2. The highest BCUT2D eigenvalue weighted by atomic mass is 16.5. The van der Waals surface area contributed by atoms with Crippen molar-refractivity contribution >= 4 is 13.3 Å². The number of hydrogen-bond donors (Lipinski definition) is 0. The maximum absolute atomic E-state index is 5.20. The van der Waals surface area contributed by atoms with Gasteiger partial charge in [0.25, 0.3) is 0 Å². The SMILES string of the molecule is Bc1ccc(COC)cc1C(C)(C)CCC. The Kier molecular flexibility index (Phi) is 4.61. The molecule has 0 unspecified atom stereocenters. The number of ether oxygens (including phenoxy) is 1. The molecule has 0 aliphatic rings. The summed E-state index contributed by atoms with van der Waals surface area (Å²) in [6.07, 6.45) is 2.45. The Labute approximate surface area is 101 Å². The third-order valence-electron chi connectivity index (χ3n) is 3.22. The first kappa shape index (κ1) is 13.3. The van der Waals surface area contributed by atoms with Gasteiger partial charge >= 0.3 is 0 Å². The highest BCUT2D eigenvalue weighted by molar-refractivity contribution is 6.33. The molecule has 0 amide bonds. The predicted molar refractivity (Wildman–Crippen MR) is 73.3 cm³/mol. The Morgan fingerprint density at radius 1 is 1.31 bits per heavy atom. The van der Waals surface area contributed by atoms with E-state index in [0.717, 1.165) is 0 Å². The van der Waals surface area contributed by atoms with Crippen LogP contribution in [0, 0.1) is 0 Å². The van der Waals surface area contributed by atoms with Crippen molar-refractivity contribution in [2.75, 3.05) is 7.11 Å². The van der Waals surface area contributed by atoms with Gasteiger partial charge in [-0.05, 0) is 23.0 Å². The average molecular weight is 218 g/mol. The van der Waals surface area contributed by atoms with Crippen LogP contribution in [0.4, 0.5) is 0 Å². The van der Waals surface area contributed by atoms with Gasteiger partial charge in [0, 0.05) is 7.11 Å². The molecule has 0 aliphatic heterocycles. The smallest absolute Gasteiger partial charge is 0.139 e. The minimum absolute atomic E-state index is 0.266. The Morgan fingerprint density at radius 3 is 2.56 bits per heavy atom. The van der Waals surface area contributed by atoms with E-state index in [-0.39, 0.29) is 5.41 Å². The van der Waals surface area contributed by atoms with E-state index in [4.69, 9.17) is 4.74 Å². The van der Waals surface area contributed by atoms with Crippen molar-refractivity contribution in [3.63, 3.8) is 0 Å². The quantitative estimate of drug-likeness (QED) is 0.688. The first-order chi connectivity index (χ1) is 7.51. The van der Waals surface area contributed by atoms with Crippen LogP contribution in [0.5, 0.6) is 0 Å². The lowest BCUT2D eigenvalue weighted by molar-refractivity contribution is 0.184. The molecule has 0 aliphatic carbocycles. The number of rotatable bonds is 5. The lowest BCUT2D eigenvalue weighted by atomic mass is 9.73. The second-order valence-corrected chi connectivity index (χ2v) is 5.22. The lowest BCUT2D eigenvalue weighted by Crippen LogP contribution is -2.26.